The first kappa shape index (κ1) is 12.1. The number of Topliss-reactive ketones (excluding diaryl/α,β-unsaturated/α-hetero) is 1. The molecule has 0 N–H and O–H groups in total. The Balaban J connectivity index is 1.94. The lowest BCUT2D eigenvalue weighted by atomic mass is 10.3. The molecule has 1 aromatic heterocycles. The van der Waals surface area contributed by atoms with Crippen LogP contribution < -0.4 is 0 Å². The van der Waals surface area contributed by atoms with Crippen molar-refractivity contribution in [3.8, 4) is 0 Å². The summed E-state index contributed by atoms with van der Waals surface area (Å²) in [5.74, 6) is 0.206. The molecule has 1 aromatic rings. The topological polar surface area (TPSA) is 20.3 Å². The van der Waals surface area contributed by atoms with Crippen molar-refractivity contribution >= 4 is 28.7 Å². The fraction of sp³-hybridized carbons (Fsp3) is 0.583. The van der Waals surface area contributed by atoms with Crippen molar-refractivity contribution in [3.63, 3.8) is 0 Å². The molecule has 2 rings (SSSR count). The maximum absolute atomic E-state index is 12.0. The van der Waals surface area contributed by atoms with Gasteiger partial charge in [0.05, 0.1) is 15.8 Å². The summed E-state index contributed by atoms with van der Waals surface area (Å²) in [5.41, 5.74) is 0. The lowest BCUT2D eigenvalue weighted by molar-refractivity contribution is 0.0929. The van der Waals surface area contributed by atoms with Crippen LogP contribution in [0.4, 0.5) is 0 Å². The molecule has 0 spiro atoms. The Bertz CT molecular complexity index is 373. The number of nitrogens with zero attached hydrogens (tertiary/aromatic N) is 1. The van der Waals surface area contributed by atoms with Gasteiger partial charge < -0.3 is 0 Å². The van der Waals surface area contributed by atoms with Crippen molar-refractivity contribution < 1.29 is 4.79 Å². The van der Waals surface area contributed by atoms with Gasteiger partial charge in [-0.15, -0.1) is 11.3 Å². The second-order valence-corrected chi connectivity index (χ2v) is 5.94. The van der Waals surface area contributed by atoms with Crippen LogP contribution in [0.5, 0.6) is 0 Å². The minimum absolute atomic E-state index is 0.206. The molecular formula is C12H16ClNOS. The van der Waals surface area contributed by atoms with Gasteiger partial charge in [0.1, 0.15) is 0 Å². The molecule has 1 aliphatic carbocycles. The van der Waals surface area contributed by atoms with Crippen molar-refractivity contribution in [1.29, 1.82) is 0 Å². The average Bonchev–Trinajstić information content (AvgIpc) is 3.00. The third-order valence-corrected chi connectivity index (χ3v) is 4.04. The predicted octanol–water partition coefficient (Wildman–Crippen LogP) is 3.46. The fourth-order valence-corrected chi connectivity index (χ4v) is 2.82. The maximum atomic E-state index is 12.0. The van der Waals surface area contributed by atoms with Crippen LogP contribution in [-0.4, -0.2) is 29.8 Å². The van der Waals surface area contributed by atoms with Gasteiger partial charge >= 0.3 is 0 Å². The Kier molecular flexibility index (Phi) is 4.00. The number of carbonyl (C=O) groups excluding carboxylic acids is 1. The molecule has 0 atom stereocenters. The van der Waals surface area contributed by atoms with Gasteiger partial charge in [-0.3, -0.25) is 9.69 Å². The van der Waals surface area contributed by atoms with Crippen molar-refractivity contribution in [2.24, 2.45) is 0 Å². The van der Waals surface area contributed by atoms with Gasteiger partial charge in [0, 0.05) is 6.04 Å². The smallest absolute Gasteiger partial charge is 0.186 e. The molecule has 1 aliphatic rings. The lowest BCUT2D eigenvalue weighted by Gasteiger charge is -2.19. The van der Waals surface area contributed by atoms with E-state index in [0.29, 0.717) is 16.9 Å². The first-order chi connectivity index (χ1) is 7.70. The van der Waals surface area contributed by atoms with E-state index in [4.69, 9.17) is 11.6 Å². The molecule has 2 nitrogen and oxygen atoms in total. The van der Waals surface area contributed by atoms with Crippen molar-refractivity contribution in [2.45, 2.75) is 32.2 Å². The molecule has 0 radical (unpaired) electrons. The summed E-state index contributed by atoms with van der Waals surface area (Å²) in [6, 6.07) is 4.27. The Morgan fingerprint density at radius 2 is 2.31 bits per heavy atom. The molecular weight excluding hydrogens is 242 g/mol. The van der Waals surface area contributed by atoms with Crippen LogP contribution in [0.25, 0.3) is 0 Å². The van der Waals surface area contributed by atoms with E-state index in [1.54, 1.807) is 6.07 Å². The minimum atomic E-state index is 0.206. The zero-order chi connectivity index (χ0) is 11.5. The molecule has 1 saturated carbocycles. The summed E-state index contributed by atoms with van der Waals surface area (Å²) in [7, 11) is 0. The zero-order valence-electron chi connectivity index (χ0n) is 9.41. The van der Waals surface area contributed by atoms with E-state index >= 15 is 0 Å². The van der Waals surface area contributed by atoms with Crippen LogP contribution in [0.15, 0.2) is 12.1 Å². The van der Waals surface area contributed by atoms with Gasteiger partial charge in [-0.05, 0) is 37.9 Å². The number of carbonyl (C=O) groups is 1. The van der Waals surface area contributed by atoms with E-state index in [9.17, 15) is 4.79 Å². The Morgan fingerprint density at radius 3 is 2.81 bits per heavy atom. The average molecular weight is 258 g/mol. The van der Waals surface area contributed by atoms with Crippen molar-refractivity contribution in [1.82, 2.24) is 4.90 Å². The molecule has 0 unspecified atom stereocenters. The number of halogens is 1. The Hall–Kier alpha value is -0.380. The summed E-state index contributed by atoms with van der Waals surface area (Å²) >= 11 is 7.21. The lowest BCUT2D eigenvalue weighted by Crippen LogP contribution is -2.32. The molecule has 0 aromatic carbocycles. The number of thiophene rings is 1. The Labute approximate surface area is 105 Å². The highest BCUT2D eigenvalue weighted by molar-refractivity contribution is 7.18. The van der Waals surface area contributed by atoms with Gasteiger partial charge in [0.25, 0.3) is 0 Å². The van der Waals surface area contributed by atoms with Crippen LogP contribution in [0.2, 0.25) is 4.34 Å². The number of rotatable bonds is 6. The van der Waals surface area contributed by atoms with E-state index in [1.807, 2.05) is 6.07 Å². The van der Waals surface area contributed by atoms with Gasteiger partial charge in [-0.1, -0.05) is 18.5 Å². The van der Waals surface area contributed by atoms with Gasteiger partial charge in [0.15, 0.2) is 5.78 Å². The second-order valence-electron chi connectivity index (χ2n) is 4.23. The highest BCUT2D eigenvalue weighted by Gasteiger charge is 2.29. The highest BCUT2D eigenvalue weighted by atomic mass is 35.5. The van der Waals surface area contributed by atoms with Crippen LogP contribution in [-0.2, 0) is 0 Å². The first-order valence-electron chi connectivity index (χ1n) is 5.73. The summed E-state index contributed by atoms with van der Waals surface area (Å²) in [6.45, 7) is 3.73. The van der Waals surface area contributed by atoms with E-state index < -0.39 is 0 Å². The molecule has 0 aliphatic heterocycles. The summed E-state index contributed by atoms with van der Waals surface area (Å²) in [5, 5.41) is 0. The zero-order valence-corrected chi connectivity index (χ0v) is 11.0. The molecule has 0 bridgehead atoms. The molecule has 4 heteroatoms. The fourth-order valence-electron chi connectivity index (χ4n) is 1.84. The summed E-state index contributed by atoms with van der Waals surface area (Å²) < 4.78 is 0.691. The molecule has 0 saturated heterocycles. The SMILES string of the molecule is CCCN(CC(=O)c1ccc(Cl)s1)C1CC1. The molecule has 16 heavy (non-hydrogen) atoms. The van der Waals surface area contributed by atoms with Crippen LogP contribution in [0, 0.1) is 0 Å². The van der Waals surface area contributed by atoms with Crippen molar-refractivity contribution in [3.05, 3.63) is 21.3 Å². The molecule has 1 heterocycles. The number of hydrogen-bond donors (Lipinski definition) is 0. The maximum Gasteiger partial charge on any atom is 0.186 e. The van der Waals surface area contributed by atoms with Gasteiger partial charge in [-0.2, -0.15) is 0 Å². The third-order valence-electron chi connectivity index (χ3n) is 2.77. The first-order valence-corrected chi connectivity index (χ1v) is 6.92. The van der Waals surface area contributed by atoms with Crippen molar-refractivity contribution in [2.75, 3.05) is 13.1 Å². The van der Waals surface area contributed by atoms with E-state index in [0.717, 1.165) is 17.8 Å². The minimum Gasteiger partial charge on any atom is -0.293 e. The van der Waals surface area contributed by atoms with Crippen LogP contribution in [0.1, 0.15) is 35.9 Å². The van der Waals surface area contributed by atoms with E-state index in [-0.39, 0.29) is 5.78 Å². The van der Waals surface area contributed by atoms with E-state index in [2.05, 4.69) is 11.8 Å². The summed E-state index contributed by atoms with van der Waals surface area (Å²) in [6.07, 6.45) is 3.60. The largest absolute Gasteiger partial charge is 0.293 e. The standard InChI is InChI=1S/C12H16ClNOS/c1-2-7-14(9-3-4-9)8-10(15)11-5-6-12(13)16-11/h5-6,9H,2-4,7-8H2,1H3. The number of ketones is 1. The van der Waals surface area contributed by atoms with Gasteiger partial charge in [-0.25, -0.2) is 0 Å². The normalized spacial score (nSPS) is 15.7. The second kappa shape index (κ2) is 5.30. The van der Waals surface area contributed by atoms with Crippen LogP contribution >= 0.6 is 22.9 Å². The molecule has 0 amide bonds. The quantitative estimate of drug-likeness (QED) is 0.728. The van der Waals surface area contributed by atoms with Crippen LogP contribution in [0.3, 0.4) is 0 Å². The molecule has 1 fully saturated rings. The third kappa shape index (κ3) is 3.06. The molecule has 88 valence electrons. The summed E-state index contributed by atoms with van der Waals surface area (Å²) in [4.78, 5) is 15.1. The predicted molar refractivity (Wildman–Crippen MR) is 68.5 cm³/mol. The Morgan fingerprint density at radius 1 is 1.56 bits per heavy atom. The number of hydrogen-bond acceptors (Lipinski definition) is 3. The van der Waals surface area contributed by atoms with Gasteiger partial charge in [0.2, 0.25) is 0 Å². The highest BCUT2D eigenvalue weighted by Crippen LogP contribution is 2.28. The van der Waals surface area contributed by atoms with E-state index in [1.165, 1.54) is 24.2 Å². The monoisotopic (exact) mass is 257 g/mol.